The van der Waals surface area contributed by atoms with Crippen molar-refractivity contribution in [2.24, 2.45) is 5.73 Å². The van der Waals surface area contributed by atoms with Crippen LogP contribution in [0.2, 0.25) is 0 Å². The van der Waals surface area contributed by atoms with Crippen molar-refractivity contribution in [2.45, 2.75) is 31.2 Å². The van der Waals surface area contributed by atoms with Gasteiger partial charge in [0.1, 0.15) is 12.1 Å². The summed E-state index contributed by atoms with van der Waals surface area (Å²) >= 11 is 0. The quantitative estimate of drug-likeness (QED) is 0.593. The van der Waals surface area contributed by atoms with Crippen molar-refractivity contribution in [1.82, 2.24) is 10.2 Å². The lowest BCUT2D eigenvalue weighted by Crippen LogP contribution is -2.50. The standard InChI is InChI=1S/C9H13N3O3/c10-6(13)5-12-8(15)11-7(14)9(12)3-1-2-4-9/h1-5H2,(H2,10,13)(H,11,14,15). The van der Waals surface area contributed by atoms with Gasteiger partial charge in [0.05, 0.1) is 0 Å². The van der Waals surface area contributed by atoms with Gasteiger partial charge >= 0.3 is 6.03 Å². The number of carbonyl (C=O) groups is 3. The molecule has 82 valence electrons. The number of primary amides is 1. The number of nitrogens with zero attached hydrogens (tertiary/aromatic N) is 1. The summed E-state index contributed by atoms with van der Waals surface area (Å²) in [5.74, 6) is -0.877. The van der Waals surface area contributed by atoms with E-state index in [0.717, 1.165) is 12.8 Å². The molecule has 6 nitrogen and oxygen atoms in total. The zero-order valence-corrected chi connectivity index (χ0v) is 8.28. The Morgan fingerprint density at radius 3 is 2.53 bits per heavy atom. The molecule has 2 fully saturated rings. The Morgan fingerprint density at radius 2 is 2.00 bits per heavy atom. The zero-order valence-electron chi connectivity index (χ0n) is 8.28. The second kappa shape index (κ2) is 3.22. The topological polar surface area (TPSA) is 92.5 Å². The van der Waals surface area contributed by atoms with Gasteiger partial charge in [0.2, 0.25) is 5.91 Å². The molecule has 1 aliphatic carbocycles. The number of hydrogen-bond acceptors (Lipinski definition) is 3. The van der Waals surface area contributed by atoms with Crippen LogP contribution in [0.1, 0.15) is 25.7 Å². The van der Waals surface area contributed by atoms with Crippen LogP contribution in [-0.2, 0) is 9.59 Å². The van der Waals surface area contributed by atoms with Gasteiger partial charge in [-0.15, -0.1) is 0 Å². The highest BCUT2D eigenvalue weighted by Gasteiger charge is 2.54. The molecule has 0 aromatic heterocycles. The Labute approximate surface area is 86.8 Å². The summed E-state index contributed by atoms with van der Waals surface area (Å²) in [6, 6.07) is -0.499. The minimum Gasteiger partial charge on any atom is -0.368 e. The summed E-state index contributed by atoms with van der Waals surface area (Å²) in [5.41, 5.74) is 4.26. The maximum Gasteiger partial charge on any atom is 0.325 e. The number of nitrogens with one attached hydrogen (secondary N) is 1. The van der Waals surface area contributed by atoms with Crippen molar-refractivity contribution in [3.63, 3.8) is 0 Å². The molecular weight excluding hydrogens is 198 g/mol. The molecule has 0 aromatic rings. The first-order chi connectivity index (χ1) is 7.06. The Hall–Kier alpha value is -1.59. The normalized spacial score (nSPS) is 23.6. The molecule has 0 radical (unpaired) electrons. The zero-order chi connectivity index (χ0) is 11.1. The van der Waals surface area contributed by atoms with E-state index in [1.54, 1.807) is 0 Å². The Morgan fingerprint density at radius 1 is 1.40 bits per heavy atom. The molecule has 15 heavy (non-hydrogen) atoms. The van der Waals surface area contributed by atoms with E-state index in [-0.39, 0.29) is 12.5 Å². The molecule has 0 aromatic carbocycles. The molecule has 1 saturated heterocycles. The van der Waals surface area contributed by atoms with Crippen LogP contribution in [0.4, 0.5) is 4.79 Å². The van der Waals surface area contributed by atoms with Crippen molar-refractivity contribution in [2.75, 3.05) is 6.54 Å². The summed E-state index contributed by atoms with van der Waals surface area (Å²) in [6.07, 6.45) is 3.04. The minimum absolute atomic E-state index is 0.183. The first kappa shape index (κ1) is 9.95. The van der Waals surface area contributed by atoms with Gasteiger partial charge in [0.15, 0.2) is 0 Å². The molecule has 6 heteroatoms. The summed E-state index contributed by atoms with van der Waals surface area (Å²) in [5, 5.41) is 2.25. The van der Waals surface area contributed by atoms with E-state index < -0.39 is 17.5 Å². The van der Waals surface area contributed by atoms with E-state index in [1.807, 2.05) is 0 Å². The predicted octanol–water partition coefficient (Wildman–Crippen LogP) is -0.664. The highest BCUT2D eigenvalue weighted by atomic mass is 16.2. The van der Waals surface area contributed by atoms with Crippen LogP contribution in [0.3, 0.4) is 0 Å². The van der Waals surface area contributed by atoms with Crippen molar-refractivity contribution in [3.8, 4) is 0 Å². The van der Waals surface area contributed by atoms with Crippen LogP contribution in [0, 0.1) is 0 Å². The van der Waals surface area contributed by atoms with E-state index in [2.05, 4.69) is 5.32 Å². The molecule has 2 aliphatic rings. The molecule has 0 atom stereocenters. The molecule has 2 rings (SSSR count). The van der Waals surface area contributed by atoms with Crippen LogP contribution in [0.15, 0.2) is 0 Å². The van der Waals surface area contributed by atoms with Gasteiger partial charge in [0, 0.05) is 0 Å². The molecule has 0 bridgehead atoms. The van der Waals surface area contributed by atoms with Crippen LogP contribution in [-0.4, -0.2) is 34.8 Å². The molecule has 1 heterocycles. The Bertz CT molecular complexity index is 333. The van der Waals surface area contributed by atoms with Crippen molar-refractivity contribution in [3.05, 3.63) is 0 Å². The number of nitrogens with two attached hydrogens (primary N) is 1. The SMILES string of the molecule is NC(=O)CN1C(=O)NC(=O)C12CCCC2. The highest BCUT2D eigenvalue weighted by molar-refractivity contribution is 6.08. The molecule has 4 amide bonds. The monoisotopic (exact) mass is 211 g/mol. The molecule has 0 unspecified atom stereocenters. The summed E-state index contributed by atoms with van der Waals surface area (Å²) < 4.78 is 0. The van der Waals surface area contributed by atoms with Gasteiger partial charge in [-0.3, -0.25) is 14.9 Å². The first-order valence-corrected chi connectivity index (χ1v) is 4.98. The Kier molecular flexibility index (Phi) is 2.13. The lowest BCUT2D eigenvalue weighted by molar-refractivity contribution is -0.127. The van der Waals surface area contributed by atoms with Crippen molar-refractivity contribution >= 4 is 17.8 Å². The van der Waals surface area contributed by atoms with Gasteiger partial charge in [-0.05, 0) is 12.8 Å². The molecule has 3 N–H and O–H groups in total. The third-order valence-corrected chi connectivity index (χ3v) is 3.15. The van der Waals surface area contributed by atoms with E-state index in [1.165, 1.54) is 4.90 Å². The third kappa shape index (κ3) is 1.36. The van der Waals surface area contributed by atoms with Gasteiger partial charge < -0.3 is 10.6 Å². The van der Waals surface area contributed by atoms with Crippen molar-refractivity contribution < 1.29 is 14.4 Å². The molecule has 1 aliphatic heterocycles. The summed E-state index contributed by atoms with van der Waals surface area (Å²) in [6.45, 7) is -0.183. The molecule has 1 spiro atoms. The van der Waals surface area contributed by atoms with Crippen LogP contribution in [0.25, 0.3) is 0 Å². The predicted molar refractivity (Wildman–Crippen MR) is 50.6 cm³/mol. The van der Waals surface area contributed by atoms with Crippen LogP contribution >= 0.6 is 0 Å². The van der Waals surface area contributed by atoms with E-state index in [4.69, 9.17) is 5.73 Å². The van der Waals surface area contributed by atoms with Gasteiger partial charge in [-0.25, -0.2) is 4.79 Å². The second-order valence-corrected chi connectivity index (χ2v) is 4.05. The number of rotatable bonds is 2. The lowest BCUT2D eigenvalue weighted by Gasteiger charge is -2.30. The number of carbonyl (C=O) groups excluding carboxylic acids is 3. The summed E-state index contributed by atoms with van der Waals surface area (Å²) in [4.78, 5) is 35.3. The maximum absolute atomic E-state index is 11.7. The molecular formula is C9H13N3O3. The third-order valence-electron chi connectivity index (χ3n) is 3.15. The number of amides is 4. The van der Waals surface area contributed by atoms with Crippen molar-refractivity contribution in [1.29, 1.82) is 0 Å². The van der Waals surface area contributed by atoms with Gasteiger partial charge in [-0.1, -0.05) is 12.8 Å². The van der Waals surface area contributed by atoms with E-state index >= 15 is 0 Å². The average molecular weight is 211 g/mol. The fourth-order valence-electron chi connectivity index (χ4n) is 2.43. The second-order valence-electron chi connectivity index (χ2n) is 4.05. The van der Waals surface area contributed by atoms with Crippen LogP contribution in [0.5, 0.6) is 0 Å². The van der Waals surface area contributed by atoms with Gasteiger partial charge in [0.25, 0.3) is 5.91 Å². The van der Waals surface area contributed by atoms with Crippen LogP contribution < -0.4 is 11.1 Å². The van der Waals surface area contributed by atoms with E-state index in [0.29, 0.717) is 12.8 Å². The van der Waals surface area contributed by atoms with Gasteiger partial charge in [-0.2, -0.15) is 0 Å². The number of hydrogen-bond donors (Lipinski definition) is 2. The lowest BCUT2D eigenvalue weighted by atomic mass is 9.96. The Balaban J connectivity index is 2.28. The fraction of sp³-hybridized carbons (Fsp3) is 0.667. The largest absolute Gasteiger partial charge is 0.368 e. The minimum atomic E-state index is -0.799. The fourth-order valence-corrected chi connectivity index (χ4v) is 2.43. The number of imide groups is 1. The number of urea groups is 1. The molecule has 1 saturated carbocycles. The summed E-state index contributed by atoms with van der Waals surface area (Å²) in [7, 11) is 0. The van der Waals surface area contributed by atoms with E-state index in [9.17, 15) is 14.4 Å². The average Bonchev–Trinajstić information content (AvgIpc) is 2.69. The smallest absolute Gasteiger partial charge is 0.325 e. The highest BCUT2D eigenvalue weighted by Crippen LogP contribution is 2.38. The maximum atomic E-state index is 11.7. The first-order valence-electron chi connectivity index (χ1n) is 4.98.